The predicted molar refractivity (Wildman–Crippen MR) is 224 cm³/mol. The van der Waals surface area contributed by atoms with Crippen LogP contribution in [0.5, 0.6) is 0 Å². The Morgan fingerprint density at radius 3 is 1.84 bits per heavy atom. The number of hydrogen-bond donors (Lipinski definition) is 1. The number of nitrogens with one attached hydrogen (secondary N) is 1. The van der Waals surface area contributed by atoms with E-state index in [1.807, 2.05) is 118 Å². The first-order valence-corrected chi connectivity index (χ1v) is 21.0. The molecule has 0 radical (unpaired) electrons. The number of benzene rings is 3. The van der Waals surface area contributed by atoms with Crippen LogP contribution >= 0.6 is 0 Å². The number of hydrogen-bond acceptors (Lipinski definition) is 7. The molecule has 0 saturated carbocycles. The Morgan fingerprint density at radius 2 is 1.35 bits per heavy atom. The SMILES string of the molecule is C=CCC1OC(C(NC(=O)C2CC(CCCCC)CN2C(=O)OC(C)(C)C)C(C)C)C(OCc2ccccc2)C(OCc2ccccc2)C1OCc1ccccc1. The highest BCUT2D eigenvalue weighted by atomic mass is 16.6. The summed E-state index contributed by atoms with van der Waals surface area (Å²) in [6.07, 6.45) is 3.90. The van der Waals surface area contributed by atoms with Crippen molar-refractivity contribution in [2.75, 3.05) is 6.54 Å². The molecule has 0 aromatic heterocycles. The van der Waals surface area contributed by atoms with Crippen molar-refractivity contribution in [3.63, 3.8) is 0 Å². The summed E-state index contributed by atoms with van der Waals surface area (Å²) >= 11 is 0. The molecule has 310 valence electrons. The van der Waals surface area contributed by atoms with Crippen LogP contribution in [0.2, 0.25) is 0 Å². The van der Waals surface area contributed by atoms with Gasteiger partial charge in [-0.05, 0) is 68.6 Å². The van der Waals surface area contributed by atoms with Gasteiger partial charge >= 0.3 is 6.09 Å². The molecule has 57 heavy (non-hydrogen) atoms. The molecule has 8 atom stereocenters. The first-order valence-electron chi connectivity index (χ1n) is 21.0. The summed E-state index contributed by atoms with van der Waals surface area (Å²) in [5.74, 6) is -0.0765. The first-order chi connectivity index (χ1) is 27.5. The normalized spacial score (nSPS) is 24.3. The summed E-state index contributed by atoms with van der Waals surface area (Å²) in [6.45, 7) is 17.5. The van der Waals surface area contributed by atoms with Crippen molar-refractivity contribution < 1.29 is 33.3 Å². The number of carbonyl (C=O) groups excluding carboxylic acids is 2. The molecule has 0 bridgehead atoms. The van der Waals surface area contributed by atoms with Gasteiger partial charge in [-0.2, -0.15) is 0 Å². The Kier molecular flexibility index (Phi) is 16.8. The Bertz CT molecular complexity index is 1650. The van der Waals surface area contributed by atoms with Gasteiger partial charge in [-0.3, -0.25) is 9.69 Å². The standard InChI is InChI=1S/C48H66N2O7/c1-8-10-14-28-38-29-39(50(30-38)47(52)57-48(5,6)7)46(51)49-41(34(3)4)43-45(55-33-37-26-19-13-20-27-37)44(54-32-36-24-17-12-18-25-36)42(40(56-43)21-9-2)53-31-35-22-15-11-16-23-35/h9,11-13,15-20,22-27,34,38-45H,2,8,10,14,21,28-33H2,1,3-7H3,(H,49,51). The van der Waals surface area contributed by atoms with Crippen molar-refractivity contribution in [3.05, 3.63) is 120 Å². The van der Waals surface area contributed by atoms with Crippen molar-refractivity contribution in [3.8, 4) is 0 Å². The van der Waals surface area contributed by atoms with Gasteiger partial charge in [0, 0.05) is 6.54 Å². The van der Waals surface area contributed by atoms with Gasteiger partial charge in [0.25, 0.3) is 0 Å². The summed E-state index contributed by atoms with van der Waals surface area (Å²) in [4.78, 5) is 29.9. The molecule has 3 aromatic carbocycles. The second-order valence-corrected chi connectivity index (χ2v) is 17.0. The van der Waals surface area contributed by atoms with E-state index in [-0.39, 0.29) is 17.7 Å². The monoisotopic (exact) mass is 782 g/mol. The number of carbonyl (C=O) groups is 2. The Hall–Kier alpha value is -4.02. The van der Waals surface area contributed by atoms with Gasteiger partial charge < -0.3 is 29.0 Å². The second-order valence-electron chi connectivity index (χ2n) is 17.0. The van der Waals surface area contributed by atoms with Gasteiger partial charge in [-0.25, -0.2) is 4.79 Å². The van der Waals surface area contributed by atoms with Crippen LogP contribution in [0.1, 0.15) is 96.8 Å². The lowest BCUT2D eigenvalue weighted by atomic mass is 9.85. The Morgan fingerprint density at radius 1 is 0.825 bits per heavy atom. The fourth-order valence-electron chi connectivity index (χ4n) is 7.94. The number of rotatable bonds is 19. The van der Waals surface area contributed by atoms with Crippen molar-refractivity contribution in [2.45, 2.75) is 148 Å². The third-order valence-corrected chi connectivity index (χ3v) is 10.8. The molecule has 2 aliphatic heterocycles. The minimum absolute atomic E-state index is 0.0700. The topological polar surface area (TPSA) is 95.6 Å². The third-order valence-electron chi connectivity index (χ3n) is 10.8. The summed E-state index contributed by atoms with van der Waals surface area (Å²) in [7, 11) is 0. The van der Waals surface area contributed by atoms with Crippen LogP contribution < -0.4 is 5.32 Å². The highest BCUT2D eigenvalue weighted by molar-refractivity contribution is 5.86. The zero-order valence-electron chi connectivity index (χ0n) is 35.0. The van der Waals surface area contributed by atoms with Crippen molar-refractivity contribution in [2.24, 2.45) is 11.8 Å². The van der Waals surface area contributed by atoms with E-state index in [2.05, 4.69) is 32.7 Å². The summed E-state index contributed by atoms with van der Waals surface area (Å²) in [6, 6.07) is 29.0. The molecule has 5 rings (SSSR count). The van der Waals surface area contributed by atoms with Gasteiger partial charge in [0.15, 0.2) is 0 Å². The van der Waals surface area contributed by atoms with E-state index >= 15 is 0 Å². The summed E-state index contributed by atoms with van der Waals surface area (Å²) < 4.78 is 33.6. The minimum atomic E-state index is -0.688. The van der Waals surface area contributed by atoms with E-state index in [4.69, 9.17) is 23.7 Å². The average Bonchev–Trinajstić information content (AvgIpc) is 3.63. The molecule has 9 nitrogen and oxygen atoms in total. The first kappa shape index (κ1) is 44.1. The molecule has 2 aliphatic rings. The molecule has 2 saturated heterocycles. The summed E-state index contributed by atoms with van der Waals surface area (Å²) in [5, 5.41) is 3.41. The van der Waals surface area contributed by atoms with Gasteiger partial charge in [0.2, 0.25) is 5.91 Å². The molecule has 9 heteroatoms. The molecular weight excluding hydrogens is 717 g/mol. The van der Waals surface area contributed by atoms with E-state index < -0.39 is 54.3 Å². The number of ether oxygens (including phenoxy) is 5. The quantitative estimate of drug-likeness (QED) is 0.0957. The molecule has 2 fully saturated rings. The van der Waals surface area contributed by atoms with Gasteiger partial charge in [-0.15, -0.1) is 6.58 Å². The molecule has 8 unspecified atom stereocenters. The lowest BCUT2D eigenvalue weighted by molar-refractivity contribution is -0.270. The fraction of sp³-hybridized carbons (Fsp3) is 0.542. The molecule has 0 aliphatic carbocycles. The molecule has 3 aromatic rings. The van der Waals surface area contributed by atoms with Crippen LogP contribution in [-0.2, 0) is 48.3 Å². The molecule has 0 spiro atoms. The smallest absolute Gasteiger partial charge is 0.410 e. The molecular formula is C48H66N2O7. The van der Waals surface area contributed by atoms with Gasteiger partial charge in [0.1, 0.15) is 36.1 Å². The lowest BCUT2D eigenvalue weighted by Gasteiger charge is -2.49. The third kappa shape index (κ3) is 13.0. The molecule has 2 heterocycles. The molecule has 2 amide bonds. The van der Waals surface area contributed by atoms with Crippen LogP contribution in [0, 0.1) is 11.8 Å². The lowest BCUT2D eigenvalue weighted by Crippen LogP contribution is -2.66. The van der Waals surface area contributed by atoms with Crippen LogP contribution in [0.4, 0.5) is 4.79 Å². The maximum absolute atomic E-state index is 14.6. The van der Waals surface area contributed by atoms with Gasteiger partial charge in [-0.1, -0.05) is 137 Å². The molecule has 1 N–H and O–H groups in total. The number of unbranched alkanes of at least 4 members (excludes halogenated alkanes) is 2. The zero-order valence-corrected chi connectivity index (χ0v) is 35.0. The van der Waals surface area contributed by atoms with Crippen LogP contribution in [-0.4, -0.2) is 71.6 Å². The van der Waals surface area contributed by atoms with Gasteiger partial charge in [0.05, 0.1) is 32.0 Å². The largest absolute Gasteiger partial charge is 0.444 e. The van der Waals surface area contributed by atoms with Crippen LogP contribution in [0.25, 0.3) is 0 Å². The number of amides is 2. The van der Waals surface area contributed by atoms with E-state index in [1.165, 1.54) is 0 Å². The van der Waals surface area contributed by atoms with Crippen LogP contribution in [0.15, 0.2) is 104 Å². The number of likely N-dealkylation sites (tertiary alicyclic amines) is 1. The van der Waals surface area contributed by atoms with Crippen LogP contribution in [0.3, 0.4) is 0 Å². The zero-order chi connectivity index (χ0) is 40.8. The van der Waals surface area contributed by atoms with Crippen molar-refractivity contribution in [1.29, 1.82) is 0 Å². The maximum atomic E-state index is 14.6. The predicted octanol–water partition coefficient (Wildman–Crippen LogP) is 9.43. The van der Waals surface area contributed by atoms with E-state index in [0.717, 1.165) is 42.4 Å². The maximum Gasteiger partial charge on any atom is 0.410 e. The fourth-order valence-corrected chi connectivity index (χ4v) is 7.94. The van der Waals surface area contributed by atoms with Crippen molar-refractivity contribution >= 4 is 12.0 Å². The van der Waals surface area contributed by atoms with E-state index in [1.54, 1.807) is 4.90 Å². The van der Waals surface area contributed by atoms with E-state index in [9.17, 15) is 9.59 Å². The Labute approximate surface area is 341 Å². The Balaban J connectivity index is 1.49. The minimum Gasteiger partial charge on any atom is -0.444 e. The van der Waals surface area contributed by atoms with Crippen molar-refractivity contribution in [1.82, 2.24) is 10.2 Å². The average molecular weight is 783 g/mol. The summed E-state index contributed by atoms with van der Waals surface area (Å²) in [5.41, 5.74) is 2.37. The van der Waals surface area contributed by atoms with E-state index in [0.29, 0.717) is 39.2 Å². The number of nitrogens with zero attached hydrogens (tertiary/aromatic N) is 1. The highest BCUT2D eigenvalue weighted by Crippen LogP contribution is 2.36. The second kappa shape index (κ2) is 21.7. The highest BCUT2D eigenvalue weighted by Gasteiger charge is 2.52.